The Hall–Kier alpha value is -1.94. The molecule has 1 aliphatic rings. The number of rotatable bonds is 3. The highest BCUT2D eigenvalue weighted by Gasteiger charge is 2.22. The number of hydrogen-bond acceptors (Lipinski definition) is 3. The molecule has 0 bridgehead atoms. The average Bonchev–Trinajstić information content (AvgIpc) is 2.86. The van der Waals surface area contributed by atoms with Crippen LogP contribution in [0, 0.1) is 5.92 Å². The summed E-state index contributed by atoms with van der Waals surface area (Å²) >= 11 is 0. The fourth-order valence-electron chi connectivity index (χ4n) is 2.92. The Bertz CT molecular complexity index is 633. The Morgan fingerprint density at radius 2 is 2.15 bits per heavy atom. The lowest BCUT2D eigenvalue weighted by molar-refractivity contribution is 0.528. The normalized spacial score (nSPS) is 22.1. The number of nitrogens with two attached hydrogens (primary N) is 1. The predicted octanol–water partition coefficient (Wildman–Crippen LogP) is 1.90. The molecule has 2 aromatic rings. The van der Waals surface area contributed by atoms with Crippen LogP contribution in [0.5, 0.6) is 0 Å². The second-order valence-electron chi connectivity index (χ2n) is 5.56. The number of pyridine rings is 2. The van der Waals surface area contributed by atoms with Crippen LogP contribution in [0.1, 0.15) is 25.0 Å². The molecule has 0 amide bonds. The van der Waals surface area contributed by atoms with E-state index < -0.39 is 0 Å². The van der Waals surface area contributed by atoms with Crippen molar-refractivity contribution in [1.29, 1.82) is 0 Å². The molecule has 20 heavy (non-hydrogen) atoms. The molecule has 0 unspecified atom stereocenters. The van der Waals surface area contributed by atoms with Gasteiger partial charge in [-0.1, -0.05) is 6.07 Å². The topological polar surface area (TPSA) is 60.9 Å². The van der Waals surface area contributed by atoms with Gasteiger partial charge < -0.3 is 5.73 Å². The highest BCUT2D eigenvalue weighted by molar-refractivity contribution is 5.30. The van der Waals surface area contributed by atoms with Gasteiger partial charge in [-0.25, -0.2) is 0 Å². The van der Waals surface area contributed by atoms with Gasteiger partial charge in [-0.2, -0.15) is 0 Å². The van der Waals surface area contributed by atoms with Gasteiger partial charge in [0.2, 0.25) is 0 Å². The van der Waals surface area contributed by atoms with E-state index in [1.165, 1.54) is 6.42 Å². The quantitative estimate of drug-likeness (QED) is 0.925. The summed E-state index contributed by atoms with van der Waals surface area (Å²) in [6.45, 7) is 0. The third-order valence-corrected chi connectivity index (χ3v) is 3.99. The van der Waals surface area contributed by atoms with Crippen molar-refractivity contribution in [2.24, 2.45) is 11.7 Å². The molecule has 2 aromatic heterocycles. The summed E-state index contributed by atoms with van der Waals surface area (Å²) in [4.78, 5) is 16.2. The van der Waals surface area contributed by atoms with Crippen molar-refractivity contribution in [3.05, 3.63) is 58.8 Å². The van der Waals surface area contributed by atoms with Crippen LogP contribution >= 0.6 is 0 Å². The molecular weight excluding hydrogens is 250 g/mol. The van der Waals surface area contributed by atoms with Crippen LogP contribution in [0.4, 0.5) is 0 Å². The molecule has 104 valence electrons. The Morgan fingerprint density at radius 1 is 1.25 bits per heavy atom. The Kier molecular flexibility index (Phi) is 3.65. The van der Waals surface area contributed by atoms with E-state index >= 15 is 0 Å². The number of hydrogen-bond donors (Lipinski definition) is 1. The van der Waals surface area contributed by atoms with Crippen LogP contribution in [0.25, 0.3) is 5.69 Å². The van der Waals surface area contributed by atoms with E-state index in [1.54, 1.807) is 29.1 Å². The fourth-order valence-corrected chi connectivity index (χ4v) is 2.92. The van der Waals surface area contributed by atoms with Gasteiger partial charge in [-0.05, 0) is 49.8 Å². The van der Waals surface area contributed by atoms with Crippen LogP contribution < -0.4 is 11.3 Å². The Morgan fingerprint density at radius 3 is 2.80 bits per heavy atom. The first kappa shape index (κ1) is 13.1. The van der Waals surface area contributed by atoms with Crippen molar-refractivity contribution < 1.29 is 0 Å². The molecule has 4 heteroatoms. The first-order chi connectivity index (χ1) is 9.72. The third kappa shape index (κ3) is 2.80. The van der Waals surface area contributed by atoms with E-state index in [4.69, 9.17) is 5.73 Å². The fraction of sp³-hybridized carbons (Fsp3) is 0.375. The van der Waals surface area contributed by atoms with Crippen molar-refractivity contribution in [3.63, 3.8) is 0 Å². The number of nitrogens with zero attached hydrogens (tertiary/aromatic N) is 2. The molecule has 1 aliphatic carbocycles. The second-order valence-corrected chi connectivity index (χ2v) is 5.56. The van der Waals surface area contributed by atoms with Gasteiger partial charge in [0.25, 0.3) is 5.56 Å². The van der Waals surface area contributed by atoms with Crippen LogP contribution in [-0.4, -0.2) is 15.6 Å². The van der Waals surface area contributed by atoms with E-state index in [1.807, 2.05) is 18.2 Å². The molecule has 0 aliphatic heterocycles. The standard InChI is InChI=1S/C16H19N3O/c17-13-5-4-12(9-13)10-14-6-7-15(11-18-14)19-8-2-1-3-16(19)20/h1-3,6-8,11-13H,4-5,9-10,17H2/t12-,13-/m0/s1. The van der Waals surface area contributed by atoms with Crippen LogP contribution in [0.2, 0.25) is 0 Å². The van der Waals surface area contributed by atoms with Gasteiger partial charge in [0.05, 0.1) is 11.9 Å². The van der Waals surface area contributed by atoms with Gasteiger partial charge in [0, 0.05) is 24.0 Å². The van der Waals surface area contributed by atoms with Gasteiger partial charge in [0.15, 0.2) is 0 Å². The maximum Gasteiger partial charge on any atom is 0.255 e. The molecule has 1 fully saturated rings. The highest BCUT2D eigenvalue weighted by atomic mass is 16.1. The third-order valence-electron chi connectivity index (χ3n) is 3.99. The zero-order valence-corrected chi connectivity index (χ0v) is 11.4. The van der Waals surface area contributed by atoms with Gasteiger partial charge in [-0.3, -0.25) is 14.3 Å². The molecule has 2 N–H and O–H groups in total. The maximum absolute atomic E-state index is 11.7. The minimum absolute atomic E-state index is 0.0381. The predicted molar refractivity (Wildman–Crippen MR) is 78.9 cm³/mol. The summed E-state index contributed by atoms with van der Waals surface area (Å²) in [7, 11) is 0. The monoisotopic (exact) mass is 269 g/mol. The summed E-state index contributed by atoms with van der Waals surface area (Å²) in [6, 6.07) is 9.46. The summed E-state index contributed by atoms with van der Waals surface area (Å²) in [5, 5.41) is 0. The van der Waals surface area contributed by atoms with E-state index in [0.717, 1.165) is 30.6 Å². The largest absolute Gasteiger partial charge is 0.328 e. The van der Waals surface area contributed by atoms with E-state index in [2.05, 4.69) is 4.98 Å². The minimum Gasteiger partial charge on any atom is -0.328 e. The van der Waals surface area contributed by atoms with Crippen LogP contribution in [0.15, 0.2) is 47.5 Å². The van der Waals surface area contributed by atoms with Crippen molar-refractivity contribution in [1.82, 2.24) is 9.55 Å². The van der Waals surface area contributed by atoms with Crippen LogP contribution in [-0.2, 0) is 6.42 Å². The van der Waals surface area contributed by atoms with Gasteiger partial charge in [-0.15, -0.1) is 0 Å². The average molecular weight is 269 g/mol. The van der Waals surface area contributed by atoms with Crippen molar-refractivity contribution in [2.75, 3.05) is 0 Å². The Labute approximate surface area is 118 Å². The van der Waals surface area contributed by atoms with E-state index in [0.29, 0.717) is 12.0 Å². The summed E-state index contributed by atoms with van der Waals surface area (Å²) in [6.07, 6.45) is 7.94. The molecule has 2 atom stereocenters. The Balaban J connectivity index is 1.75. The maximum atomic E-state index is 11.7. The molecule has 4 nitrogen and oxygen atoms in total. The second kappa shape index (κ2) is 5.59. The van der Waals surface area contributed by atoms with Crippen molar-refractivity contribution in [3.8, 4) is 5.69 Å². The highest BCUT2D eigenvalue weighted by Crippen LogP contribution is 2.26. The molecule has 0 aromatic carbocycles. The molecule has 0 saturated heterocycles. The van der Waals surface area contributed by atoms with Crippen molar-refractivity contribution in [2.45, 2.75) is 31.7 Å². The lowest BCUT2D eigenvalue weighted by Gasteiger charge is -2.10. The zero-order chi connectivity index (χ0) is 13.9. The molecule has 3 rings (SSSR count). The number of aromatic nitrogens is 2. The molecule has 0 spiro atoms. The zero-order valence-electron chi connectivity index (χ0n) is 11.4. The summed E-state index contributed by atoms with van der Waals surface area (Å²) in [5.74, 6) is 0.655. The first-order valence-corrected chi connectivity index (χ1v) is 7.11. The SMILES string of the molecule is N[C@H]1CC[C@H](Cc2ccc(-n3ccccc3=O)cn2)C1. The lowest BCUT2D eigenvalue weighted by atomic mass is 10.0. The van der Waals surface area contributed by atoms with E-state index in [-0.39, 0.29) is 5.56 Å². The van der Waals surface area contributed by atoms with E-state index in [9.17, 15) is 4.79 Å². The van der Waals surface area contributed by atoms with Crippen LogP contribution in [0.3, 0.4) is 0 Å². The molecular formula is C16H19N3O. The molecule has 2 heterocycles. The molecule has 0 radical (unpaired) electrons. The first-order valence-electron chi connectivity index (χ1n) is 7.11. The molecule has 1 saturated carbocycles. The van der Waals surface area contributed by atoms with Crippen molar-refractivity contribution >= 4 is 0 Å². The van der Waals surface area contributed by atoms with Gasteiger partial charge in [0.1, 0.15) is 0 Å². The summed E-state index contributed by atoms with van der Waals surface area (Å²) in [5.41, 5.74) is 7.79. The minimum atomic E-state index is -0.0381. The summed E-state index contributed by atoms with van der Waals surface area (Å²) < 4.78 is 1.60. The van der Waals surface area contributed by atoms with Gasteiger partial charge >= 0.3 is 0 Å². The lowest BCUT2D eigenvalue weighted by Crippen LogP contribution is -2.16. The smallest absolute Gasteiger partial charge is 0.255 e.